The van der Waals surface area contributed by atoms with Gasteiger partial charge in [0.25, 0.3) is 0 Å². The largest absolute Gasteiger partial charge is 0.475 e. The van der Waals surface area contributed by atoms with Crippen molar-refractivity contribution in [2.75, 3.05) is 13.1 Å². The van der Waals surface area contributed by atoms with Crippen LogP contribution < -0.4 is 0 Å². The lowest BCUT2D eigenvalue weighted by atomic mass is 9.86. The zero-order valence-corrected chi connectivity index (χ0v) is 17.7. The van der Waals surface area contributed by atoms with E-state index < -0.39 is 23.5 Å². The molecule has 0 bridgehead atoms. The van der Waals surface area contributed by atoms with Gasteiger partial charge in [-0.3, -0.25) is 9.48 Å². The summed E-state index contributed by atoms with van der Waals surface area (Å²) in [7, 11) is 0. The molecule has 1 saturated heterocycles. The second-order valence-electron chi connectivity index (χ2n) is 7.75. The normalized spacial score (nSPS) is 18.6. The number of halogens is 3. The van der Waals surface area contributed by atoms with Gasteiger partial charge in [0.05, 0.1) is 11.3 Å². The van der Waals surface area contributed by atoms with Crippen molar-refractivity contribution in [1.82, 2.24) is 14.7 Å². The third kappa shape index (κ3) is 4.33. The minimum Gasteiger partial charge on any atom is -0.475 e. The Hall–Kier alpha value is -2.78. The molecule has 1 aliphatic carbocycles. The van der Waals surface area contributed by atoms with Gasteiger partial charge in [-0.2, -0.15) is 18.3 Å². The van der Waals surface area contributed by atoms with Gasteiger partial charge < -0.3 is 14.4 Å². The summed E-state index contributed by atoms with van der Waals surface area (Å²) in [6, 6.07) is 0. The third-order valence-corrected chi connectivity index (χ3v) is 5.75. The Balaban J connectivity index is 0.00000132. The molecule has 3 heterocycles. The topological polar surface area (TPSA) is 88.6 Å². The Bertz CT molecular complexity index is 956. The van der Waals surface area contributed by atoms with E-state index in [4.69, 9.17) is 4.42 Å². The summed E-state index contributed by atoms with van der Waals surface area (Å²) in [5.74, 6) is -2.69. The number of hydrogen-bond donors (Lipinski definition) is 1. The second kappa shape index (κ2) is 8.76. The zero-order valence-electron chi connectivity index (χ0n) is 17.7. The molecule has 4 rings (SSSR count). The van der Waals surface area contributed by atoms with E-state index in [-0.39, 0.29) is 35.3 Å². The van der Waals surface area contributed by atoms with Crippen LogP contribution in [0, 0.1) is 5.92 Å². The molecule has 0 spiro atoms. The number of carboxylic acid groups (broad SMARTS) is 1. The standard InChI is InChI=1S/C19H20F3N3O4.C2H6/c1-10-6-13-14(15(19(20,21)22)17(29-13)18(27)28)16-12(10)8-25(23-16)7-11-2-4-24(9-26)5-3-11;1-2/h8-11H,2-7H2,1H3,(H,27,28);1-2H3. The molecule has 1 aliphatic heterocycles. The van der Waals surface area contributed by atoms with E-state index in [1.165, 1.54) is 0 Å². The van der Waals surface area contributed by atoms with Gasteiger partial charge in [-0.25, -0.2) is 4.79 Å². The molecule has 1 unspecified atom stereocenters. The third-order valence-electron chi connectivity index (χ3n) is 5.75. The summed E-state index contributed by atoms with van der Waals surface area (Å²) in [6.07, 6.45) is -0.512. The van der Waals surface area contributed by atoms with Crippen molar-refractivity contribution in [2.45, 2.75) is 58.7 Å². The maximum absolute atomic E-state index is 13.7. The highest BCUT2D eigenvalue weighted by Crippen LogP contribution is 2.48. The molecule has 2 aliphatic rings. The minimum atomic E-state index is -4.87. The summed E-state index contributed by atoms with van der Waals surface area (Å²) in [6.45, 7) is 7.69. The smallest absolute Gasteiger partial charge is 0.421 e. The van der Waals surface area contributed by atoms with Crippen molar-refractivity contribution in [2.24, 2.45) is 5.92 Å². The molecule has 7 nitrogen and oxygen atoms in total. The Kier molecular flexibility index (Phi) is 6.47. The van der Waals surface area contributed by atoms with Gasteiger partial charge in [-0.05, 0) is 24.7 Å². The van der Waals surface area contributed by atoms with Crippen LogP contribution in [0.2, 0.25) is 0 Å². The van der Waals surface area contributed by atoms with Gasteiger partial charge in [0.2, 0.25) is 12.2 Å². The number of furan rings is 1. The Morgan fingerprint density at radius 2 is 1.97 bits per heavy atom. The fourth-order valence-corrected chi connectivity index (χ4v) is 4.27. The van der Waals surface area contributed by atoms with Crippen LogP contribution in [0.3, 0.4) is 0 Å². The SMILES string of the molecule is CC.CC1Cc2oc(C(=O)O)c(C(F)(F)F)c2-c2nn(CC3CCN(C=O)CC3)cc21. The summed E-state index contributed by atoms with van der Waals surface area (Å²) in [5, 5.41) is 13.6. The molecule has 1 atom stereocenters. The Morgan fingerprint density at radius 1 is 1.32 bits per heavy atom. The quantitative estimate of drug-likeness (QED) is 0.710. The van der Waals surface area contributed by atoms with E-state index in [1.807, 2.05) is 20.8 Å². The number of hydrogen-bond acceptors (Lipinski definition) is 4. The molecule has 0 aromatic carbocycles. The summed E-state index contributed by atoms with van der Waals surface area (Å²) < 4.78 is 47.8. The van der Waals surface area contributed by atoms with Gasteiger partial charge >= 0.3 is 12.1 Å². The number of nitrogens with zero attached hydrogens (tertiary/aromatic N) is 3. The van der Waals surface area contributed by atoms with Gasteiger partial charge in [0, 0.05) is 37.8 Å². The van der Waals surface area contributed by atoms with Crippen LogP contribution in [0.4, 0.5) is 13.2 Å². The maximum Gasteiger partial charge on any atom is 0.421 e. The van der Waals surface area contributed by atoms with Gasteiger partial charge in [-0.15, -0.1) is 0 Å². The first-order valence-electron chi connectivity index (χ1n) is 10.4. The highest BCUT2D eigenvalue weighted by molar-refractivity contribution is 5.91. The van der Waals surface area contributed by atoms with E-state index in [1.54, 1.807) is 15.8 Å². The predicted octanol–water partition coefficient (Wildman–Crippen LogP) is 4.41. The number of carbonyl (C=O) groups excluding carboxylic acids is 1. The van der Waals surface area contributed by atoms with E-state index in [0.717, 1.165) is 19.3 Å². The highest BCUT2D eigenvalue weighted by Gasteiger charge is 2.46. The van der Waals surface area contributed by atoms with E-state index in [9.17, 15) is 27.9 Å². The molecular formula is C21H26F3N3O4. The minimum absolute atomic E-state index is 0.0132. The van der Waals surface area contributed by atoms with Crippen LogP contribution in [0.25, 0.3) is 11.3 Å². The molecule has 1 N–H and O–H groups in total. The van der Waals surface area contributed by atoms with Crippen molar-refractivity contribution >= 4 is 12.4 Å². The monoisotopic (exact) mass is 441 g/mol. The van der Waals surface area contributed by atoms with Gasteiger partial charge in [0.15, 0.2) is 0 Å². The molecule has 10 heteroatoms. The molecule has 1 amide bonds. The van der Waals surface area contributed by atoms with Crippen molar-refractivity contribution < 1.29 is 32.3 Å². The van der Waals surface area contributed by atoms with Crippen LogP contribution in [0.1, 0.15) is 67.0 Å². The van der Waals surface area contributed by atoms with E-state index >= 15 is 0 Å². The lowest BCUT2D eigenvalue weighted by Gasteiger charge is -2.28. The van der Waals surface area contributed by atoms with Crippen LogP contribution in [-0.4, -0.2) is 45.3 Å². The molecule has 170 valence electrons. The molecule has 0 radical (unpaired) electrons. The van der Waals surface area contributed by atoms with Crippen molar-refractivity contribution in [3.63, 3.8) is 0 Å². The zero-order chi connectivity index (χ0) is 22.9. The molecule has 0 saturated carbocycles. The average molecular weight is 441 g/mol. The van der Waals surface area contributed by atoms with Crippen molar-refractivity contribution in [1.29, 1.82) is 0 Å². The van der Waals surface area contributed by atoms with Crippen molar-refractivity contribution in [3.05, 3.63) is 28.8 Å². The summed E-state index contributed by atoms with van der Waals surface area (Å²) >= 11 is 0. The molecule has 2 aromatic heterocycles. The number of aromatic nitrogens is 2. The molecule has 2 aromatic rings. The first-order valence-corrected chi connectivity index (χ1v) is 10.4. The first kappa shape index (κ1) is 22.9. The predicted molar refractivity (Wildman–Crippen MR) is 106 cm³/mol. The molecule has 31 heavy (non-hydrogen) atoms. The van der Waals surface area contributed by atoms with E-state index in [0.29, 0.717) is 25.2 Å². The van der Waals surface area contributed by atoms with E-state index in [2.05, 4.69) is 5.10 Å². The first-order chi connectivity index (χ1) is 14.7. The lowest BCUT2D eigenvalue weighted by Crippen LogP contribution is -2.33. The lowest BCUT2D eigenvalue weighted by molar-refractivity contribution is -0.138. The summed E-state index contributed by atoms with van der Waals surface area (Å²) in [4.78, 5) is 23.9. The number of amides is 1. The number of rotatable bonds is 4. The highest BCUT2D eigenvalue weighted by atomic mass is 19.4. The Labute approximate surface area is 177 Å². The fraction of sp³-hybridized carbons (Fsp3) is 0.571. The number of carboxylic acids is 1. The maximum atomic E-state index is 13.7. The van der Waals surface area contributed by atoms with Gasteiger partial charge in [-0.1, -0.05) is 20.8 Å². The molecule has 1 fully saturated rings. The average Bonchev–Trinajstić information content (AvgIpc) is 3.32. The van der Waals surface area contributed by atoms with Crippen LogP contribution in [0.15, 0.2) is 10.6 Å². The number of likely N-dealkylation sites (tertiary alicyclic amines) is 1. The van der Waals surface area contributed by atoms with Crippen molar-refractivity contribution in [3.8, 4) is 11.3 Å². The van der Waals surface area contributed by atoms with Gasteiger partial charge in [0.1, 0.15) is 11.3 Å². The van der Waals surface area contributed by atoms with Crippen LogP contribution >= 0.6 is 0 Å². The number of fused-ring (bicyclic) bond motifs is 3. The summed E-state index contributed by atoms with van der Waals surface area (Å²) in [5.41, 5.74) is -0.714. The van der Waals surface area contributed by atoms with Crippen LogP contribution in [-0.2, 0) is 23.9 Å². The van der Waals surface area contributed by atoms with Crippen LogP contribution in [0.5, 0.6) is 0 Å². The fourth-order valence-electron chi connectivity index (χ4n) is 4.27. The number of aromatic carboxylic acids is 1. The number of alkyl halides is 3. The molecular weight excluding hydrogens is 415 g/mol. The number of piperidine rings is 1. The Morgan fingerprint density at radius 3 is 2.52 bits per heavy atom. The number of carbonyl (C=O) groups is 2. The second-order valence-corrected chi connectivity index (χ2v) is 7.75.